The number of nitrogens with zero attached hydrogens (tertiary/aromatic N) is 3. The van der Waals surface area contributed by atoms with Gasteiger partial charge in [0.05, 0.1) is 12.2 Å². The van der Waals surface area contributed by atoms with Gasteiger partial charge in [0.25, 0.3) is 5.91 Å². The molecule has 1 amide bonds. The minimum absolute atomic E-state index is 0.00326. The Morgan fingerprint density at radius 2 is 2.11 bits per heavy atom. The van der Waals surface area contributed by atoms with Gasteiger partial charge in [-0.05, 0) is 18.2 Å². The quantitative estimate of drug-likeness (QED) is 0.810. The van der Waals surface area contributed by atoms with Crippen molar-refractivity contribution in [2.75, 3.05) is 17.2 Å². The highest BCUT2D eigenvalue weighted by Crippen LogP contribution is 2.34. The molecule has 0 saturated carbocycles. The van der Waals surface area contributed by atoms with Crippen LogP contribution >= 0.6 is 0 Å². The summed E-state index contributed by atoms with van der Waals surface area (Å²) in [5, 5.41) is 0. The van der Waals surface area contributed by atoms with E-state index in [0.717, 1.165) is 0 Å². The second-order valence-corrected chi connectivity index (χ2v) is 4.16. The molecule has 0 saturated heterocycles. The molecule has 0 fully saturated rings. The summed E-state index contributed by atoms with van der Waals surface area (Å²) in [6.45, 7) is 0.323. The summed E-state index contributed by atoms with van der Waals surface area (Å²) in [6, 6.07) is 6.95. The fourth-order valence-corrected chi connectivity index (χ4v) is 1.95. The third kappa shape index (κ3) is 2.20. The van der Waals surface area contributed by atoms with Crippen molar-refractivity contribution in [3.8, 4) is 5.75 Å². The number of anilines is 2. The summed E-state index contributed by atoms with van der Waals surface area (Å²) in [7, 11) is 0. The summed E-state index contributed by atoms with van der Waals surface area (Å²) < 4.78 is 5.37. The topological polar surface area (TPSA) is 81.3 Å². The Hall–Kier alpha value is -2.63. The Morgan fingerprint density at radius 1 is 1.32 bits per heavy atom. The Kier molecular flexibility index (Phi) is 2.75. The zero-order valence-electron chi connectivity index (χ0n) is 10.1. The van der Waals surface area contributed by atoms with Gasteiger partial charge in [0.1, 0.15) is 11.6 Å². The molecule has 1 aliphatic rings. The third-order valence-electron chi connectivity index (χ3n) is 2.85. The number of hydrogen-bond donors (Lipinski definition) is 1. The van der Waals surface area contributed by atoms with Gasteiger partial charge in [0, 0.05) is 24.1 Å². The average molecular weight is 256 g/mol. The number of carbonyl (C=O) groups excluding carboxylic acids is 1. The number of nitrogens with two attached hydrogens (primary N) is 1. The molecule has 6 nitrogen and oxygen atoms in total. The molecule has 0 unspecified atom stereocenters. The van der Waals surface area contributed by atoms with Crippen molar-refractivity contribution in [3.63, 3.8) is 0 Å². The highest BCUT2D eigenvalue weighted by Gasteiger charge is 2.26. The summed E-state index contributed by atoms with van der Waals surface area (Å²) in [5.74, 6) is 1.07. The van der Waals surface area contributed by atoms with Crippen LogP contribution in [0.15, 0.2) is 36.7 Å². The van der Waals surface area contributed by atoms with E-state index in [1.165, 1.54) is 0 Å². The Morgan fingerprint density at radius 3 is 2.89 bits per heavy atom. The molecule has 6 heteroatoms. The van der Waals surface area contributed by atoms with E-state index in [0.29, 0.717) is 29.5 Å². The maximum absolute atomic E-state index is 12.0. The van der Waals surface area contributed by atoms with Crippen LogP contribution < -0.4 is 15.4 Å². The van der Waals surface area contributed by atoms with E-state index >= 15 is 0 Å². The maximum Gasteiger partial charge on any atom is 0.265 e. The van der Waals surface area contributed by atoms with Gasteiger partial charge in [-0.1, -0.05) is 0 Å². The summed E-state index contributed by atoms with van der Waals surface area (Å²) >= 11 is 0. The first-order valence-electron chi connectivity index (χ1n) is 5.82. The zero-order chi connectivity index (χ0) is 13.2. The number of ether oxygens (including phenoxy) is 1. The third-order valence-corrected chi connectivity index (χ3v) is 2.85. The number of carbonyl (C=O) groups is 1. The molecular weight excluding hydrogens is 244 g/mol. The van der Waals surface area contributed by atoms with E-state index in [9.17, 15) is 4.79 Å². The van der Waals surface area contributed by atoms with Crippen molar-refractivity contribution in [3.05, 3.63) is 42.5 Å². The zero-order valence-corrected chi connectivity index (χ0v) is 10.1. The fourth-order valence-electron chi connectivity index (χ4n) is 1.95. The number of fused-ring (bicyclic) bond motifs is 1. The van der Waals surface area contributed by atoms with Crippen molar-refractivity contribution in [1.82, 2.24) is 9.97 Å². The van der Waals surface area contributed by atoms with Gasteiger partial charge in [-0.3, -0.25) is 9.69 Å². The smallest absolute Gasteiger partial charge is 0.265 e. The first kappa shape index (κ1) is 11.5. The molecule has 3 rings (SSSR count). The van der Waals surface area contributed by atoms with Gasteiger partial charge in [-0.15, -0.1) is 0 Å². The van der Waals surface area contributed by atoms with Crippen molar-refractivity contribution in [2.24, 2.45) is 0 Å². The molecular formula is C13H12N4O2. The number of hydrogen-bond acceptors (Lipinski definition) is 5. The number of benzene rings is 1. The molecule has 1 aliphatic heterocycles. The molecule has 2 heterocycles. The monoisotopic (exact) mass is 256 g/mol. The highest BCUT2D eigenvalue weighted by atomic mass is 16.5. The van der Waals surface area contributed by atoms with Crippen LogP contribution in [0.1, 0.15) is 5.82 Å². The summed E-state index contributed by atoms with van der Waals surface area (Å²) in [6.07, 6.45) is 3.30. The van der Waals surface area contributed by atoms with E-state index in [1.807, 2.05) is 0 Å². The van der Waals surface area contributed by atoms with Crippen LogP contribution in [-0.4, -0.2) is 22.5 Å². The van der Waals surface area contributed by atoms with Crippen LogP contribution in [0.4, 0.5) is 11.4 Å². The molecule has 19 heavy (non-hydrogen) atoms. The molecule has 1 aromatic carbocycles. The molecule has 0 aliphatic carbocycles. The number of nitrogen functional groups attached to an aromatic ring is 1. The van der Waals surface area contributed by atoms with Crippen LogP contribution in [-0.2, 0) is 11.3 Å². The van der Waals surface area contributed by atoms with E-state index in [-0.39, 0.29) is 12.5 Å². The predicted octanol–water partition coefficient (Wildman–Crippen LogP) is 0.984. The van der Waals surface area contributed by atoms with Crippen molar-refractivity contribution in [2.45, 2.75) is 6.54 Å². The second-order valence-electron chi connectivity index (χ2n) is 4.16. The van der Waals surface area contributed by atoms with Crippen LogP contribution in [0.3, 0.4) is 0 Å². The standard InChI is InChI=1S/C13H12N4O2/c14-9-2-3-10-11(6-9)19-8-13(18)17(10)7-12-15-4-1-5-16-12/h1-6H,7-8,14H2. The normalized spacial score (nSPS) is 13.9. The molecule has 0 atom stereocenters. The van der Waals surface area contributed by atoms with E-state index in [4.69, 9.17) is 10.5 Å². The lowest BCUT2D eigenvalue weighted by Crippen LogP contribution is -2.38. The Bertz CT molecular complexity index is 615. The SMILES string of the molecule is Nc1ccc2c(c1)OCC(=O)N2Cc1ncccn1. The molecule has 2 N–H and O–H groups in total. The number of amides is 1. The lowest BCUT2D eigenvalue weighted by atomic mass is 10.2. The summed E-state index contributed by atoms with van der Waals surface area (Å²) in [5.41, 5.74) is 7.00. The van der Waals surface area contributed by atoms with Gasteiger partial charge in [-0.25, -0.2) is 9.97 Å². The first-order valence-corrected chi connectivity index (χ1v) is 5.82. The minimum atomic E-state index is -0.121. The van der Waals surface area contributed by atoms with Crippen LogP contribution in [0.5, 0.6) is 5.75 Å². The van der Waals surface area contributed by atoms with Gasteiger partial charge < -0.3 is 10.5 Å². The average Bonchev–Trinajstić information content (AvgIpc) is 2.43. The van der Waals surface area contributed by atoms with Gasteiger partial charge in [0.15, 0.2) is 6.61 Å². The Balaban J connectivity index is 1.95. The van der Waals surface area contributed by atoms with Gasteiger partial charge in [0.2, 0.25) is 0 Å². The van der Waals surface area contributed by atoms with Gasteiger partial charge in [-0.2, -0.15) is 0 Å². The number of aromatic nitrogens is 2. The van der Waals surface area contributed by atoms with Crippen molar-refractivity contribution < 1.29 is 9.53 Å². The molecule has 0 radical (unpaired) electrons. The van der Waals surface area contributed by atoms with E-state index in [1.54, 1.807) is 41.6 Å². The minimum Gasteiger partial charge on any atom is -0.481 e. The predicted molar refractivity (Wildman–Crippen MR) is 69.6 cm³/mol. The summed E-state index contributed by atoms with van der Waals surface area (Å²) in [4.78, 5) is 21.8. The molecule has 2 aromatic rings. The lowest BCUT2D eigenvalue weighted by Gasteiger charge is -2.28. The highest BCUT2D eigenvalue weighted by molar-refractivity contribution is 5.97. The van der Waals surface area contributed by atoms with Crippen molar-refractivity contribution in [1.29, 1.82) is 0 Å². The Labute approximate surface area is 109 Å². The molecule has 0 spiro atoms. The van der Waals surface area contributed by atoms with Gasteiger partial charge >= 0.3 is 0 Å². The molecule has 0 bridgehead atoms. The fraction of sp³-hybridized carbons (Fsp3) is 0.154. The first-order chi connectivity index (χ1) is 9.24. The molecule has 1 aromatic heterocycles. The molecule has 96 valence electrons. The van der Waals surface area contributed by atoms with Crippen LogP contribution in [0.2, 0.25) is 0 Å². The van der Waals surface area contributed by atoms with Crippen LogP contribution in [0, 0.1) is 0 Å². The largest absolute Gasteiger partial charge is 0.481 e. The van der Waals surface area contributed by atoms with Crippen LogP contribution in [0.25, 0.3) is 0 Å². The number of rotatable bonds is 2. The van der Waals surface area contributed by atoms with Crippen molar-refractivity contribution >= 4 is 17.3 Å². The second kappa shape index (κ2) is 4.56. The lowest BCUT2D eigenvalue weighted by molar-refractivity contribution is -0.121. The maximum atomic E-state index is 12.0. The van der Waals surface area contributed by atoms with E-state index < -0.39 is 0 Å². The van der Waals surface area contributed by atoms with E-state index in [2.05, 4.69) is 9.97 Å².